The Morgan fingerprint density at radius 2 is 2.10 bits per heavy atom. The van der Waals surface area contributed by atoms with E-state index in [1.807, 2.05) is 29.6 Å². The Morgan fingerprint density at radius 1 is 1.29 bits per heavy atom. The number of thiocarbonyl (C=S) groups is 1. The zero-order valence-corrected chi connectivity index (χ0v) is 12.8. The third kappa shape index (κ3) is 2.55. The summed E-state index contributed by atoms with van der Waals surface area (Å²) in [7, 11) is 1.57. The van der Waals surface area contributed by atoms with Crippen LogP contribution in [0.3, 0.4) is 0 Å². The van der Waals surface area contributed by atoms with Gasteiger partial charge in [0.15, 0.2) is 5.11 Å². The number of nitrogens with one attached hydrogen (secondary N) is 1. The van der Waals surface area contributed by atoms with Crippen molar-refractivity contribution in [1.82, 2.24) is 5.32 Å². The number of hydrogen-bond acceptors (Lipinski definition) is 4. The minimum atomic E-state index is -0.182. The highest BCUT2D eigenvalue weighted by atomic mass is 32.1. The van der Waals surface area contributed by atoms with Gasteiger partial charge in [-0.15, -0.1) is 11.3 Å². The highest BCUT2D eigenvalue weighted by Gasteiger charge is 2.33. The molecule has 0 atom stereocenters. The molecule has 0 spiro atoms. The van der Waals surface area contributed by atoms with Crippen molar-refractivity contribution in [1.29, 1.82) is 0 Å². The van der Waals surface area contributed by atoms with E-state index in [4.69, 9.17) is 17.0 Å². The highest BCUT2D eigenvalue weighted by Crippen LogP contribution is 2.31. The first-order chi connectivity index (χ1) is 10.2. The minimum Gasteiger partial charge on any atom is -0.495 e. The fraction of sp³-hybridized carbons (Fsp3) is 0.0667. The van der Waals surface area contributed by atoms with Crippen LogP contribution in [0.5, 0.6) is 5.75 Å². The Hall–Kier alpha value is -2.18. The number of benzene rings is 1. The van der Waals surface area contributed by atoms with Crippen molar-refractivity contribution in [3.05, 3.63) is 52.4 Å². The molecule has 2 heterocycles. The quantitative estimate of drug-likeness (QED) is 0.698. The predicted molar refractivity (Wildman–Crippen MR) is 88.5 cm³/mol. The molecule has 1 amide bonds. The Balaban J connectivity index is 1.98. The van der Waals surface area contributed by atoms with Gasteiger partial charge in [-0.25, -0.2) is 4.90 Å². The van der Waals surface area contributed by atoms with Crippen LogP contribution < -0.4 is 15.0 Å². The smallest absolute Gasteiger partial charge is 0.281 e. The van der Waals surface area contributed by atoms with Crippen molar-refractivity contribution in [2.45, 2.75) is 0 Å². The van der Waals surface area contributed by atoms with E-state index in [1.165, 1.54) is 4.90 Å². The summed E-state index contributed by atoms with van der Waals surface area (Å²) in [5.41, 5.74) is 1.10. The Labute approximate surface area is 131 Å². The fourth-order valence-electron chi connectivity index (χ4n) is 2.08. The number of nitrogens with zero attached hydrogens (tertiary/aromatic N) is 1. The van der Waals surface area contributed by atoms with Gasteiger partial charge in [0.05, 0.1) is 12.8 Å². The second kappa shape index (κ2) is 5.67. The molecular formula is C15H12N2O2S2. The summed E-state index contributed by atoms with van der Waals surface area (Å²) >= 11 is 6.84. The zero-order valence-electron chi connectivity index (χ0n) is 11.2. The normalized spacial score (nSPS) is 16.4. The van der Waals surface area contributed by atoms with Gasteiger partial charge in [0.25, 0.3) is 5.91 Å². The molecule has 0 unspecified atom stereocenters. The number of thiophene rings is 1. The van der Waals surface area contributed by atoms with Crippen molar-refractivity contribution in [3.8, 4) is 5.75 Å². The van der Waals surface area contributed by atoms with Gasteiger partial charge in [-0.1, -0.05) is 18.2 Å². The molecule has 1 N–H and O–H groups in total. The van der Waals surface area contributed by atoms with Crippen LogP contribution in [0, 0.1) is 0 Å². The van der Waals surface area contributed by atoms with E-state index < -0.39 is 0 Å². The monoisotopic (exact) mass is 316 g/mol. The van der Waals surface area contributed by atoms with Gasteiger partial charge in [-0.05, 0) is 41.9 Å². The lowest BCUT2D eigenvalue weighted by Crippen LogP contribution is -2.30. The first-order valence-corrected chi connectivity index (χ1v) is 7.53. The van der Waals surface area contributed by atoms with Gasteiger partial charge in [0.1, 0.15) is 11.4 Å². The molecule has 1 aliphatic heterocycles. The van der Waals surface area contributed by atoms with Gasteiger partial charge in [0, 0.05) is 4.88 Å². The lowest BCUT2D eigenvalue weighted by atomic mass is 10.2. The molecule has 1 aliphatic rings. The first-order valence-electron chi connectivity index (χ1n) is 6.24. The van der Waals surface area contributed by atoms with Crippen LogP contribution in [-0.4, -0.2) is 18.1 Å². The number of carbonyl (C=O) groups is 1. The SMILES string of the molecule is COc1ccccc1N1C(=O)/C(=C\c2cccs2)NC1=S. The maximum Gasteiger partial charge on any atom is 0.281 e. The van der Waals surface area contributed by atoms with E-state index in [1.54, 1.807) is 36.7 Å². The first kappa shape index (κ1) is 13.8. The van der Waals surface area contributed by atoms with Crippen LogP contribution in [0.25, 0.3) is 6.08 Å². The third-order valence-corrected chi connectivity index (χ3v) is 4.14. The number of rotatable bonds is 3. The number of anilines is 1. The molecule has 2 aromatic rings. The highest BCUT2D eigenvalue weighted by molar-refractivity contribution is 7.80. The van der Waals surface area contributed by atoms with E-state index in [0.717, 1.165) is 4.88 Å². The topological polar surface area (TPSA) is 41.6 Å². The molecule has 1 saturated heterocycles. The molecule has 0 radical (unpaired) electrons. The lowest BCUT2D eigenvalue weighted by Gasteiger charge is -2.17. The van der Waals surface area contributed by atoms with E-state index in [9.17, 15) is 4.79 Å². The largest absolute Gasteiger partial charge is 0.495 e. The van der Waals surface area contributed by atoms with Gasteiger partial charge in [-0.3, -0.25) is 4.79 Å². The Morgan fingerprint density at radius 3 is 2.81 bits per heavy atom. The van der Waals surface area contributed by atoms with Gasteiger partial charge in [-0.2, -0.15) is 0 Å². The molecule has 106 valence electrons. The molecular weight excluding hydrogens is 304 g/mol. The maximum absolute atomic E-state index is 12.6. The molecule has 4 nitrogen and oxygen atoms in total. The van der Waals surface area contributed by atoms with Crippen LogP contribution in [0.2, 0.25) is 0 Å². The Kier molecular flexibility index (Phi) is 3.72. The summed E-state index contributed by atoms with van der Waals surface area (Å²) in [4.78, 5) is 15.0. The maximum atomic E-state index is 12.6. The summed E-state index contributed by atoms with van der Waals surface area (Å²) in [6, 6.07) is 11.2. The summed E-state index contributed by atoms with van der Waals surface area (Å²) < 4.78 is 5.30. The molecule has 0 aliphatic carbocycles. The van der Waals surface area contributed by atoms with Crippen LogP contribution in [0.15, 0.2) is 47.5 Å². The standard InChI is InChI=1S/C15H12N2O2S2/c1-19-13-7-3-2-6-12(13)17-14(18)11(16-15(17)20)9-10-5-4-8-21-10/h2-9H,1H3,(H,16,20)/b11-9+. The lowest BCUT2D eigenvalue weighted by molar-refractivity contribution is -0.113. The molecule has 1 fully saturated rings. The average molecular weight is 316 g/mol. The van der Waals surface area contributed by atoms with Crippen LogP contribution in [0.4, 0.5) is 5.69 Å². The van der Waals surface area contributed by atoms with Gasteiger partial charge < -0.3 is 10.1 Å². The molecule has 6 heteroatoms. The average Bonchev–Trinajstić information content (AvgIpc) is 3.09. The molecule has 0 saturated carbocycles. The van der Waals surface area contributed by atoms with Crippen LogP contribution in [-0.2, 0) is 4.79 Å². The van der Waals surface area contributed by atoms with Crippen LogP contribution >= 0.6 is 23.6 Å². The third-order valence-electron chi connectivity index (χ3n) is 3.03. The second-order valence-corrected chi connectivity index (χ2v) is 5.68. The molecule has 3 rings (SSSR count). The number of carbonyl (C=O) groups excluding carboxylic acids is 1. The van der Waals surface area contributed by atoms with Crippen LogP contribution in [0.1, 0.15) is 4.88 Å². The van der Waals surface area contributed by atoms with Gasteiger partial charge in [0.2, 0.25) is 0 Å². The predicted octanol–water partition coefficient (Wildman–Crippen LogP) is 3.02. The van der Waals surface area contributed by atoms with E-state index >= 15 is 0 Å². The van der Waals surface area contributed by atoms with Gasteiger partial charge >= 0.3 is 0 Å². The fourth-order valence-corrected chi connectivity index (χ4v) is 3.03. The Bertz CT molecular complexity index is 723. The van der Waals surface area contributed by atoms with Crippen molar-refractivity contribution in [3.63, 3.8) is 0 Å². The molecule has 1 aromatic carbocycles. The van der Waals surface area contributed by atoms with E-state index in [2.05, 4.69) is 5.32 Å². The zero-order chi connectivity index (χ0) is 14.8. The summed E-state index contributed by atoms with van der Waals surface area (Å²) in [6.07, 6.45) is 1.80. The van der Waals surface area contributed by atoms with Crippen molar-refractivity contribution < 1.29 is 9.53 Å². The number of methoxy groups -OCH3 is 1. The van der Waals surface area contributed by atoms with Crippen molar-refractivity contribution >= 4 is 46.3 Å². The number of hydrogen-bond donors (Lipinski definition) is 1. The van der Waals surface area contributed by atoms with Crippen molar-refractivity contribution in [2.75, 3.05) is 12.0 Å². The van der Waals surface area contributed by atoms with E-state index in [-0.39, 0.29) is 5.91 Å². The minimum absolute atomic E-state index is 0.182. The molecule has 21 heavy (non-hydrogen) atoms. The summed E-state index contributed by atoms with van der Waals surface area (Å²) in [5, 5.41) is 5.28. The molecule has 0 bridgehead atoms. The number of amides is 1. The second-order valence-electron chi connectivity index (χ2n) is 4.32. The van der Waals surface area contributed by atoms with Crippen molar-refractivity contribution in [2.24, 2.45) is 0 Å². The summed E-state index contributed by atoms with van der Waals surface area (Å²) in [6.45, 7) is 0. The number of para-hydroxylation sites is 2. The number of ether oxygens (including phenoxy) is 1. The molecule has 1 aromatic heterocycles. The summed E-state index contributed by atoms with van der Waals surface area (Å²) in [5.74, 6) is 0.422. The van der Waals surface area contributed by atoms with E-state index in [0.29, 0.717) is 22.2 Å².